The van der Waals surface area contributed by atoms with Gasteiger partial charge >= 0.3 is 0 Å². The first-order valence-corrected chi connectivity index (χ1v) is 11.2. The third-order valence-electron chi connectivity index (χ3n) is 7.02. The molecule has 3 aromatic rings. The minimum atomic E-state index is -1.02. The van der Waals surface area contributed by atoms with E-state index in [1.807, 2.05) is 31.2 Å². The number of halogens is 3. The smallest absolute Gasteiger partial charge is 0.258 e. The number of amides is 1. The molecule has 0 aromatic heterocycles. The highest BCUT2D eigenvalue weighted by molar-refractivity contribution is 6.07. The molecule has 1 saturated heterocycles. The fraction of sp³-hybridized carbons (Fsp3) is 0.296. The second kappa shape index (κ2) is 8.34. The number of anilines is 1. The summed E-state index contributed by atoms with van der Waals surface area (Å²) in [5, 5.41) is 0. The summed E-state index contributed by atoms with van der Waals surface area (Å²) in [6.45, 7) is 5.04. The van der Waals surface area contributed by atoms with Crippen LogP contribution in [0.1, 0.15) is 39.9 Å². The van der Waals surface area contributed by atoms with Crippen molar-refractivity contribution >= 4 is 11.6 Å². The van der Waals surface area contributed by atoms with Gasteiger partial charge in [0.15, 0.2) is 11.6 Å². The molecule has 1 fully saturated rings. The Hall–Kier alpha value is -3.12. The van der Waals surface area contributed by atoms with E-state index in [9.17, 15) is 18.0 Å². The van der Waals surface area contributed by atoms with E-state index in [-0.39, 0.29) is 22.7 Å². The van der Waals surface area contributed by atoms with E-state index >= 15 is 0 Å². The summed E-state index contributed by atoms with van der Waals surface area (Å²) in [6.07, 6.45) is 1.76. The first-order valence-electron chi connectivity index (χ1n) is 11.2. The van der Waals surface area contributed by atoms with E-state index in [1.165, 1.54) is 18.2 Å². The van der Waals surface area contributed by atoms with Crippen molar-refractivity contribution < 1.29 is 18.0 Å². The Bertz CT molecular complexity index is 1200. The van der Waals surface area contributed by atoms with E-state index in [4.69, 9.17) is 0 Å². The average Bonchev–Trinajstić information content (AvgIpc) is 3.11. The third kappa shape index (κ3) is 4.04. The summed E-state index contributed by atoms with van der Waals surface area (Å²) in [6, 6.07) is 16.0. The van der Waals surface area contributed by atoms with Crippen LogP contribution in [0.5, 0.6) is 0 Å². The number of benzene rings is 3. The molecule has 0 bridgehead atoms. The predicted molar refractivity (Wildman–Crippen MR) is 122 cm³/mol. The second-order valence-electron chi connectivity index (χ2n) is 9.22. The minimum absolute atomic E-state index is 0.145. The number of carbonyl (C=O) groups excluding carboxylic acids is 1. The van der Waals surface area contributed by atoms with E-state index in [2.05, 4.69) is 11.0 Å². The van der Waals surface area contributed by atoms with Crippen LogP contribution in [0, 0.1) is 24.4 Å². The number of nitrogens with zero attached hydrogens (tertiary/aromatic N) is 2. The van der Waals surface area contributed by atoms with Gasteiger partial charge in [0.1, 0.15) is 5.82 Å². The monoisotopic (exact) mass is 450 g/mol. The summed E-state index contributed by atoms with van der Waals surface area (Å²) >= 11 is 0. The van der Waals surface area contributed by atoms with Crippen molar-refractivity contribution in [1.29, 1.82) is 0 Å². The molecule has 6 heteroatoms. The van der Waals surface area contributed by atoms with Gasteiger partial charge in [0.2, 0.25) is 0 Å². The van der Waals surface area contributed by atoms with Crippen LogP contribution in [0.3, 0.4) is 0 Å². The number of piperidine rings is 1. The molecule has 2 heterocycles. The predicted octanol–water partition coefficient (Wildman–Crippen LogP) is 5.61. The van der Waals surface area contributed by atoms with Crippen LogP contribution < -0.4 is 4.90 Å². The summed E-state index contributed by atoms with van der Waals surface area (Å²) in [5.41, 5.74) is 4.18. The Morgan fingerprint density at radius 2 is 1.64 bits per heavy atom. The van der Waals surface area contributed by atoms with Crippen LogP contribution in [0.2, 0.25) is 0 Å². The fourth-order valence-corrected chi connectivity index (χ4v) is 5.16. The van der Waals surface area contributed by atoms with Gasteiger partial charge in [-0.1, -0.05) is 29.8 Å². The van der Waals surface area contributed by atoms with Gasteiger partial charge in [-0.15, -0.1) is 0 Å². The van der Waals surface area contributed by atoms with Gasteiger partial charge in [-0.25, -0.2) is 13.2 Å². The number of hydrogen-bond acceptors (Lipinski definition) is 2. The van der Waals surface area contributed by atoms with Crippen molar-refractivity contribution in [3.8, 4) is 0 Å². The quantitative estimate of drug-likeness (QED) is 0.518. The molecule has 0 unspecified atom stereocenters. The first-order chi connectivity index (χ1) is 15.8. The van der Waals surface area contributed by atoms with Crippen LogP contribution in [0.15, 0.2) is 60.7 Å². The summed E-state index contributed by atoms with van der Waals surface area (Å²) in [5.74, 6) is -2.54. The topological polar surface area (TPSA) is 23.6 Å². The minimum Gasteiger partial charge on any atom is -0.307 e. The average molecular weight is 451 g/mol. The Kier molecular flexibility index (Phi) is 5.49. The highest BCUT2D eigenvalue weighted by Crippen LogP contribution is 2.48. The molecule has 1 spiro atoms. The maximum absolute atomic E-state index is 13.8. The summed E-state index contributed by atoms with van der Waals surface area (Å²) < 4.78 is 40.4. The SMILES string of the molecule is Cc1ccc2c(c1)C1(CCN(Cc3ccc(F)cc3)CC1)CN2C(=O)c1ccc(F)c(F)c1. The molecule has 0 saturated carbocycles. The van der Waals surface area contributed by atoms with Crippen molar-refractivity contribution in [2.24, 2.45) is 0 Å². The van der Waals surface area contributed by atoms with Gasteiger partial charge in [-0.2, -0.15) is 0 Å². The van der Waals surface area contributed by atoms with E-state index in [0.717, 1.165) is 67.0 Å². The molecule has 1 amide bonds. The van der Waals surface area contributed by atoms with Gasteiger partial charge in [0, 0.05) is 29.8 Å². The molecule has 170 valence electrons. The molecule has 0 N–H and O–H groups in total. The fourth-order valence-electron chi connectivity index (χ4n) is 5.16. The molecule has 0 atom stereocenters. The summed E-state index contributed by atoms with van der Waals surface area (Å²) in [4.78, 5) is 17.4. The van der Waals surface area contributed by atoms with Gasteiger partial charge < -0.3 is 4.90 Å². The molecule has 3 nitrogen and oxygen atoms in total. The lowest BCUT2D eigenvalue weighted by atomic mass is 9.74. The first kappa shape index (κ1) is 21.7. The van der Waals surface area contributed by atoms with E-state index in [0.29, 0.717) is 6.54 Å². The van der Waals surface area contributed by atoms with Crippen molar-refractivity contribution in [1.82, 2.24) is 4.90 Å². The number of rotatable bonds is 3. The normalized spacial score (nSPS) is 17.4. The molecular weight excluding hydrogens is 425 g/mol. The van der Waals surface area contributed by atoms with Crippen molar-refractivity contribution in [3.05, 3.63) is 100 Å². The van der Waals surface area contributed by atoms with Crippen molar-refractivity contribution in [2.75, 3.05) is 24.5 Å². The molecule has 0 aliphatic carbocycles. The Morgan fingerprint density at radius 1 is 0.909 bits per heavy atom. The molecule has 2 aliphatic heterocycles. The lowest BCUT2D eigenvalue weighted by molar-refractivity contribution is 0.0975. The Morgan fingerprint density at radius 3 is 2.33 bits per heavy atom. The van der Waals surface area contributed by atoms with Crippen molar-refractivity contribution in [2.45, 2.75) is 31.7 Å². The maximum atomic E-state index is 13.8. The highest BCUT2D eigenvalue weighted by atomic mass is 19.2. The van der Waals surface area contributed by atoms with Crippen LogP contribution >= 0.6 is 0 Å². The Labute approximate surface area is 191 Å². The summed E-state index contributed by atoms with van der Waals surface area (Å²) in [7, 11) is 0. The van der Waals surface area contributed by atoms with Gasteiger partial charge in [-0.05, 0) is 80.4 Å². The van der Waals surface area contributed by atoms with Crippen LogP contribution in [0.25, 0.3) is 0 Å². The zero-order chi connectivity index (χ0) is 23.2. The third-order valence-corrected chi connectivity index (χ3v) is 7.02. The lowest BCUT2D eigenvalue weighted by Crippen LogP contribution is -2.45. The van der Waals surface area contributed by atoms with Crippen molar-refractivity contribution in [3.63, 3.8) is 0 Å². The van der Waals surface area contributed by atoms with Crippen LogP contribution in [-0.2, 0) is 12.0 Å². The van der Waals surface area contributed by atoms with Crippen LogP contribution in [0.4, 0.5) is 18.9 Å². The largest absolute Gasteiger partial charge is 0.307 e. The molecule has 3 aromatic carbocycles. The number of aryl methyl sites for hydroxylation is 1. The lowest BCUT2D eigenvalue weighted by Gasteiger charge is -2.40. The molecule has 33 heavy (non-hydrogen) atoms. The maximum Gasteiger partial charge on any atom is 0.258 e. The molecule has 0 radical (unpaired) electrons. The number of carbonyl (C=O) groups is 1. The number of fused-ring (bicyclic) bond motifs is 2. The zero-order valence-electron chi connectivity index (χ0n) is 18.5. The highest BCUT2D eigenvalue weighted by Gasteiger charge is 2.46. The van der Waals surface area contributed by atoms with Gasteiger partial charge in [0.25, 0.3) is 5.91 Å². The second-order valence-corrected chi connectivity index (χ2v) is 9.22. The van der Waals surface area contributed by atoms with Crippen LogP contribution in [-0.4, -0.2) is 30.4 Å². The molecular formula is C27H25F3N2O. The number of likely N-dealkylation sites (tertiary alicyclic amines) is 1. The van der Waals surface area contributed by atoms with Gasteiger partial charge in [-0.3, -0.25) is 9.69 Å². The van der Waals surface area contributed by atoms with E-state index < -0.39 is 11.6 Å². The Balaban J connectivity index is 1.39. The zero-order valence-corrected chi connectivity index (χ0v) is 18.5. The van der Waals surface area contributed by atoms with E-state index in [1.54, 1.807) is 4.90 Å². The molecule has 2 aliphatic rings. The van der Waals surface area contributed by atoms with Gasteiger partial charge in [0.05, 0.1) is 0 Å². The number of hydrogen-bond donors (Lipinski definition) is 0. The molecule has 5 rings (SSSR count). The standard InChI is InChI=1S/C27H25F3N2O/c1-18-2-9-25-22(14-18)27(17-32(25)26(33)20-5-8-23(29)24(30)15-20)10-12-31(13-11-27)16-19-3-6-21(28)7-4-19/h2-9,14-15H,10-13,16-17H2,1H3.